The molecule has 0 aliphatic carbocycles. The van der Waals surface area contributed by atoms with Gasteiger partial charge in [0.15, 0.2) is 0 Å². The lowest BCUT2D eigenvalue weighted by Gasteiger charge is -2.20. The summed E-state index contributed by atoms with van der Waals surface area (Å²) in [7, 11) is 0. The maximum atomic E-state index is 13.3. The van der Waals surface area contributed by atoms with E-state index in [-0.39, 0.29) is 17.1 Å². The Balaban J connectivity index is 2.21. The van der Waals surface area contributed by atoms with Crippen LogP contribution in [-0.4, -0.2) is 17.7 Å². The average molecular weight is 354 g/mol. The van der Waals surface area contributed by atoms with E-state index in [2.05, 4.69) is 0 Å². The molecule has 1 aliphatic rings. The predicted molar refractivity (Wildman–Crippen MR) is 100 cm³/mol. The molecule has 0 fully saturated rings. The minimum atomic E-state index is -0.476. The largest absolute Gasteiger partial charge is 0.511 e. The number of hydrogen-bond donors (Lipinski definition) is 1. The lowest BCUT2D eigenvalue weighted by Crippen LogP contribution is -2.15. The zero-order valence-corrected chi connectivity index (χ0v) is 15.1. The van der Waals surface area contributed by atoms with Gasteiger partial charge in [0.25, 0.3) is 0 Å². The van der Waals surface area contributed by atoms with E-state index in [1.54, 1.807) is 12.1 Å². The number of allylic oxidation sites excluding steroid dienone is 1. The molecule has 0 aromatic heterocycles. The topological polar surface area (TPSA) is 46.5 Å². The van der Waals surface area contributed by atoms with Crippen LogP contribution in [0.4, 0.5) is 4.39 Å². The Kier molecular flexibility index (Phi) is 5.40. The summed E-state index contributed by atoms with van der Waals surface area (Å²) >= 11 is 0. The fourth-order valence-electron chi connectivity index (χ4n) is 3.47. The van der Waals surface area contributed by atoms with E-state index < -0.39 is 5.97 Å². The third-order valence-electron chi connectivity index (χ3n) is 4.87. The van der Waals surface area contributed by atoms with Crippen molar-refractivity contribution in [3.05, 3.63) is 64.7 Å². The zero-order valence-electron chi connectivity index (χ0n) is 15.1. The number of halogens is 1. The minimum absolute atomic E-state index is 0.0868. The Morgan fingerprint density at radius 2 is 1.85 bits per heavy atom. The number of esters is 1. The summed E-state index contributed by atoms with van der Waals surface area (Å²) < 4.78 is 18.6. The van der Waals surface area contributed by atoms with Crippen LogP contribution >= 0.6 is 0 Å². The molecule has 0 spiro atoms. The Morgan fingerprint density at radius 3 is 2.54 bits per heavy atom. The minimum Gasteiger partial charge on any atom is -0.511 e. The van der Waals surface area contributed by atoms with E-state index in [1.807, 2.05) is 26.0 Å². The number of ether oxygens (including phenoxy) is 1. The molecule has 26 heavy (non-hydrogen) atoms. The van der Waals surface area contributed by atoms with Crippen molar-refractivity contribution < 1.29 is 19.0 Å². The van der Waals surface area contributed by atoms with Gasteiger partial charge in [-0.25, -0.2) is 9.18 Å². The van der Waals surface area contributed by atoms with Crippen molar-refractivity contribution in [2.75, 3.05) is 6.61 Å². The Morgan fingerprint density at radius 1 is 1.12 bits per heavy atom. The van der Waals surface area contributed by atoms with E-state index >= 15 is 0 Å². The number of rotatable bonds is 3. The first-order valence-corrected chi connectivity index (χ1v) is 9.01. The molecule has 0 saturated heterocycles. The fraction of sp³-hybridized carbons (Fsp3) is 0.318. The predicted octanol–water partition coefficient (Wildman–Crippen LogP) is 5.36. The van der Waals surface area contributed by atoms with Crippen molar-refractivity contribution in [2.24, 2.45) is 0 Å². The van der Waals surface area contributed by atoms with Gasteiger partial charge in [-0.2, -0.15) is 0 Å². The first-order chi connectivity index (χ1) is 12.5. The summed E-state index contributed by atoms with van der Waals surface area (Å²) in [6.07, 6.45) is 2.72. The summed E-state index contributed by atoms with van der Waals surface area (Å²) in [5.74, 6) is -0.680. The molecule has 0 amide bonds. The number of aryl methyl sites for hydroxylation is 1. The lowest BCUT2D eigenvalue weighted by molar-refractivity contribution is -0.137. The van der Waals surface area contributed by atoms with Crippen LogP contribution in [0.1, 0.15) is 42.9 Å². The molecule has 0 unspecified atom stereocenters. The molecule has 1 N–H and O–H groups in total. The summed E-state index contributed by atoms with van der Waals surface area (Å²) in [5, 5.41) is 10.6. The zero-order chi connectivity index (χ0) is 18.7. The van der Waals surface area contributed by atoms with Crippen LogP contribution < -0.4 is 0 Å². The second-order valence-corrected chi connectivity index (χ2v) is 6.55. The van der Waals surface area contributed by atoms with Crippen molar-refractivity contribution in [1.82, 2.24) is 0 Å². The normalized spacial score (nSPS) is 18.2. The lowest BCUT2D eigenvalue weighted by atomic mass is 9.86. The Hall–Kier alpha value is -2.62. The second-order valence-electron chi connectivity index (χ2n) is 6.55. The third-order valence-corrected chi connectivity index (χ3v) is 4.87. The second kappa shape index (κ2) is 7.73. The molecule has 4 heteroatoms. The maximum Gasteiger partial charge on any atom is 0.342 e. The standard InChI is InChI=1S/C22H23FO3/c1-3-15-9-12-18(16-7-10-17(23)11-8-16)14(2)20(15)21-19(24)6-4-5-13-26-22(21)25/h7-12,24H,3-6,13H2,1-2H3/b21-19+. The maximum absolute atomic E-state index is 13.3. The van der Waals surface area contributed by atoms with Crippen LogP contribution in [0.25, 0.3) is 16.7 Å². The van der Waals surface area contributed by atoms with Gasteiger partial charge in [0.05, 0.1) is 6.61 Å². The van der Waals surface area contributed by atoms with Gasteiger partial charge in [0.1, 0.15) is 17.1 Å². The molecule has 2 aromatic rings. The summed E-state index contributed by atoms with van der Waals surface area (Å²) in [4.78, 5) is 12.6. The number of hydrogen-bond acceptors (Lipinski definition) is 3. The number of aliphatic hydroxyl groups is 1. The molecule has 0 atom stereocenters. The van der Waals surface area contributed by atoms with E-state index in [9.17, 15) is 14.3 Å². The number of benzene rings is 2. The van der Waals surface area contributed by atoms with Crippen LogP contribution in [0.2, 0.25) is 0 Å². The highest BCUT2D eigenvalue weighted by molar-refractivity contribution is 6.18. The van der Waals surface area contributed by atoms with E-state index in [0.717, 1.165) is 47.1 Å². The first kappa shape index (κ1) is 18.2. The van der Waals surface area contributed by atoms with Gasteiger partial charge in [0, 0.05) is 6.42 Å². The molecule has 136 valence electrons. The quantitative estimate of drug-likeness (QED) is 0.755. The van der Waals surface area contributed by atoms with Crippen molar-refractivity contribution in [2.45, 2.75) is 39.5 Å². The van der Waals surface area contributed by atoms with Crippen LogP contribution in [0, 0.1) is 12.7 Å². The molecular weight excluding hydrogens is 331 g/mol. The van der Waals surface area contributed by atoms with E-state index in [1.165, 1.54) is 12.1 Å². The fourth-order valence-corrected chi connectivity index (χ4v) is 3.47. The van der Waals surface area contributed by atoms with Crippen LogP contribution in [0.3, 0.4) is 0 Å². The van der Waals surface area contributed by atoms with E-state index in [0.29, 0.717) is 13.0 Å². The molecule has 3 nitrogen and oxygen atoms in total. The SMILES string of the molecule is CCc1ccc(-c2ccc(F)cc2)c(C)c1/C1=C(\O)CCCCOC1=O. The van der Waals surface area contributed by atoms with Crippen LogP contribution in [0.5, 0.6) is 0 Å². The summed E-state index contributed by atoms with van der Waals surface area (Å²) in [6.45, 7) is 4.31. The van der Waals surface area contributed by atoms with Gasteiger partial charge in [-0.15, -0.1) is 0 Å². The molecule has 2 aromatic carbocycles. The molecule has 1 heterocycles. The molecular formula is C22H23FO3. The molecule has 1 aliphatic heterocycles. The van der Waals surface area contributed by atoms with Gasteiger partial charge in [-0.1, -0.05) is 31.2 Å². The third kappa shape index (κ3) is 3.50. The van der Waals surface area contributed by atoms with Gasteiger partial charge in [-0.3, -0.25) is 0 Å². The number of carbonyl (C=O) groups is 1. The highest BCUT2D eigenvalue weighted by Gasteiger charge is 2.25. The monoisotopic (exact) mass is 354 g/mol. The molecule has 0 radical (unpaired) electrons. The highest BCUT2D eigenvalue weighted by atomic mass is 19.1. The van der Waals surface area contributed by atoms with Crippen molar-refractivity contribution in [1.29, 1.82) is 0 Å². The van der Waals surface area contributed by atoms with Crippen molar-refractivity contribution in [3.8, 4) is 11.1 Å². The first-order valence-electron chi connectivity index (χ1n) is 9.01. The van der Waals surface area contributed by atoms with Crippen LogP contribution in [-0.2, 0) is 16.0 Å². The Bertz CT molecular complexity index is 850. The number of aliphatic hydroxyl groups excluding tert-OH is 1. The number of carbonyl (C=O) groups excluding carboxylic acids is 1. The summed E-state index contributed by atoms with van der Waals surface area (Å²) in [5.41, 5.74) is 4.64. The smallest absolute Gasteiger partial charge is 0.342 e. The van der Waals surface area contributed by atoms with Gasteiger partial charge in [0.2, 0.25) is 0 Å². The number of cyclic esters (lactones) is 1. The average Bonchev–Trinajstić information content (AvgIpc) is 2.62. The molecule has 0 saturated carbocycles. The van der Waals surface area contributed by atoms with Crippen molar-refractivity contribution in [3.63, 3.8) is 0 Å². The van der Waals surface area contributed by atoms with Gasteiger partial charge >= 0.3 is 5.97 Å². The van der Waals surface area contributed by atoms with Gasteiger partial charge < -0.3 is 9.84 Å². The van der Waals surface area contributed by atoms with E-state index in [4.69, 9.17) is 4.74 Å². The van der Waals surface area contributed by atoms with Crippen LogP contribution in [0.15, 0.2) is 42.2 Å². The van der Waals surface area contributed by atoms with Gasteiger partial charge in [-0.05, 0) is 66.1 Å². The summed E-state index contributed by atoms with van der Waals surface area (Å²) in [6, 6.07) is 10.2. The Labute approximate surface area is 153 Å². The highest BCUT2D eigenvalue weighted by Crippen LogP contribution is 2.35. The molecule has 3 rings (SSSR count). The molecule has 0 bridgehead atoms. The van der Waals surface area contributed by atoms with Crippen molar-refractivity contribution >= 4 is 11.5 Å².